The molecule has 2 aliphatic rings. The van der Waals surface area contributed by atoms with Gasteiger partial charge in [-0.1, -0.05) is 0 Å². The third-order valence-corrected chi connectivity index (χ3v) is 4.30. The van der Waals surface area contributed by atoms with Gasteiger partial charge in [0.25, 0.3) is 11.8 Å². The van der Waals surface area contributed by atoms with Crippen LogP contribution < -0.4 is 16.4 Å². The van der Waals surface area contributed by atoms with Gasteiger partial charge in [0.2, 0.25) is 0 Å². The molecule has 0 spiro atoms. The number of rotatable bonds is 5. The molecule has 1 aromatic carbocycles. The van der Waals surface area contributed by atoms with Crippen molar-refractivity contribution in [3.63, 3.8) is 0 Å². The molecule has 0 radical (unpaired) electrons. The highest BCUT2D eigenvalue weighted by Crippen LogP contribution is 2.21. The van der Waals surface area contributed by atoms with Gasteiger partial charge in [-0.2, -0.15) is 0 Å². The molecule has 130 valence electrons. The quantitative estimate of drug-likeness (QED) is 0.752. The Bertz CT molecular complexity index is 584. The molecule has 2 amide bonds. The lowest BCUT2D eigenvalue weighted by Gasteiger charge is -2.13. The van der Waals surface area contributed by atoms with Crippen molar-refractivity contribution < 1.29 is 19.1 Å². The summed E-state index contributed by atoms with van der Waals surface area (Å²) in [7, 11) is 0. The molecule has 2 aliphatic heterocycles. The largest absolute Gasteiger partial charge is 0.368 e. The van der Waals surface area contributed by atoms with E-state index in [0.29, 0.717) is 30.9 Å². The van der Waals surface area contributed by atoms with Gasteiger partial charge in [-0.15, -0.1) is 0 Å². The number of benzene rings is 1. The zero-order valence-corrected chi connectivity index (χ0v) is 13.5. The van der Waals surface area contributed by atoms with Gasteiger partial charge >= 0.3 is 0 Å². The second-order valence-corrected chi connectivity index (χ2v) is 6.12. The van der Waals surface area contributed by atoms with E-state index in [1.807, 2.05) is 0 Å². The van der Waals surface area contributed by atoms with E-state index in [0.717, 1.165) is 19.3 Å². The van der Waals surface area contributed by atoms with E-state index in [2.05, 4.69) is 10.6 Å². The number of amides is 2. The second-order valence-electron chi connectivity index (χ2n) is 6.12. The van der Waals surface area contributed by atoms with E-state index in [1.54, 1.807) is 24.3 Å². The Morgan fingerprint density at radius 2 is 1.62 bits per heavy atom. The molecule has 3 rings (SSSR count). The maximum atomic E-state index is 12.1. The summed E-state index contributed by atoms with van der Waals surface area (Å²) in [4.78, 5) is 24.1. The van der Waals surface area contributed by atoms with Crippen LogP contribution in [0.15, 0.2) is 24.3 Å². The van der Waals surface area contributed by atoms with Crippen molar-refractivity contribution in [3.8, 4) is 0 Å². The molecule has 3 atom stereocenters. The van der Waals surface area contributed by atoms with Crippen molar-refractivity contribution in [2.45, 2.75) is 44.0 Å². The second kappa shape index (κ2) is 7.74. The Morgan fingerprint density at radius 1 is 1.00 bits per heavy atom. The van der Waals surface area contributed by atoms with Crippen LogP contribution in [0.2, 0.25) is 0 Å². The number of hydrogen-bond acceptors (Lipinski definition) is 5. The predicted molar refractivity (Wildman–Crippen MR) is 89.6 cm³/mol. The summed E-state index contributed by atoms with van der Waals surface area (Å²) in [6, 6.07) is 7.00. The van der Waals surface area contributed by atoms with Crippen LogP contribution in [0.3, 0.4) is 0 Å². The summed E-state index contributed by atoms with van der Waals surface area (Å²) in [6.07, 6.45) is 2.32. The van der Waals surface area contributed by atoms with Crippen LogP contribution in [-0.2, 0) is 19.1 Å². The molecule has 0 aromatic heterocycles. The Morgan fingerprint density at radius 3 is 2.12 bits per heavy atom. The Kier molecular flexibility index (Phi) is 5.44. The topological polar surface area (TPSA) is 103 Å². The molecule has 2 heterocycles. The molecular weight excluding hydrogens is 310 g/mol. The minimum absolute atomic E-state index is 0.0313. The van der Waals surface area contributed by atoms with Crippen molar-refractivity contribution >= 4 is 23.2 Å². The van der Waals surface area contributed by atoms with Crippen LogP contribution in [0.4, 0.5) is 11.4 Å². The number of anilines is 2. The summed E-state index contributed by atoms with van der Waals surface area (Å²) in [5.74, 6) is -0.293. The van der Waals surface area contributed by atoms with E-state index in [-0.39, 0.29) is 24.0 Å². The van der Waals surface area contributed by atoms with Gasteiger partial charge in [0.1, 0.15) is 12.2 Å². The van der Waals surface area contributed by atoms with Crippen LogP contribution in [0.5, 0.6) is 0 Å². The minimum atomic E-state index is -0.447. The summed E-state index contributed by atoms with van der Waals surface area (Å²) < 4.78 is 10.9. The lowest BCUT2D eigenvalue weighted by atomic mass is 10.2. The van der Waals surface area contributed by atoms with Crippen molar-refractivity contribution in [1.29, 1.82) is 0 Å². The van der Waals surface area contributed by atoms with Crippen molar-refractivity contribution in [1.82, 2.24) is 0 Å². The van der Waals surface area contributed by atoms with Gasteiger partial charge in [-0.3, -0.25) is 9.59 Å². The molecular formula is C17H23N3O4. The molecule has 7 heteroatoms. The average Bonchev–Trinajstić information content (AvgIpc) is 3.28. The average molecular weight is 333 g/mol. The maximum absolute atomic E-state index is 12.1. The molecule has 2 fully saturated rings. The van der Waals surface area contributed by atoms with Gasteiger partial charge in [0.15, 0.2) is 0 Å². The summed E-state index contributed by atoms with van der Waals surface area (Å²) in [6.45, 7) is 1.07. The van der Waals surface area contributed by atoms with Gasteiger partial charge in [-0.25, -0.2) is 0 Å². The Hall–Kier alpha value is -1.96. The van der Waals surface area contributed by atoms with E-state index in [9.17, 15) is 9.59 Å². The number of hydrogen-bond donors (Lipinski definition) is 3. The highest BCUT2D eigenvalue weighted by Gasteiger charge is 2.29. The zero-order chi connectivity index (χ0) is 16.9. The van der Waals surface area contributed by atoms with Crippen molar-refractivity contribution in [2.75, 3.05) is 23.8 Å². The van der Waals surface area contributed by atoms with Crippen molar-refractivity contribution in [3.05, 3.63) is 24.3 Å². The molecule has 2 saturated heterocycles. The van der Waals surface area contributed by atoms with Gasteiger partial charge in [0.05, 0.1) is 6.10 Å². The third kappa shape index (κ3) is 4.11. The fourth-order valence-corrected chi connectivity index (χ4v) is 2.94. The molecule has 1 aromatic rings. The fourth-order valence-electron chi connectivity index (χ4n) is 2.94. The highest BCUT2D eigenvalue weighted by atomic mass is 16.5. The first kappa shape index (κ1) is 16.9. The Balaban J connectivity index is 1.51. The zero-order valence-electron chi connectivity index (χ0n) is 13.5. The molecule has 0 aliphatic carbocycles. The molecule has 1 unspecified atom stereocenters. The minimum Gasteiger partial charge on any atom is -0.368 e. The van der Waals surface area contributed by atoms with Crippen LogP contribution in [0, 0.1) is 0 Å². The SMILES string of the molecule is NC[C@H]1CC[C@@H](C(=O)Nc2ccc(NC(=O)C3CCCO3)cc2)O1. The smallest absolute Gasteiger partial charge is 0.253 e. The van der Waals surface area contributed by atoms with E-state index < -0.39 is 6.10 Å². The maximum Gasteiger partial charge on any atom is 0.253 e. The van der Waals surface area contributed by atoms with Gasteiger partial charge < -0.3 is 25.8 Å². The number of carbonyl (C=O) groups is 2. The lowest BCUT2D eigenvalue weighted by Crippen LogP contribution is -2.29. The van der Waals surface area contributed by atoms with Crippen LogP contribution in [0.1, 0.15) is 25.7 Å². The number of ether oxygens (including phenoxy) is 2. The number of nitrogens with one attached hydrogen (secondary N) is 2. The van der Waals surface area contributed by atoms with Crippen LogP contribution in [0.25, 0.3) is 0 Å². The first-order chi connectivity index (χ1) is 11.7. The first-order valence-corrected chi connectivity index (χ1v) is 8.34. The molecule has 4 N–H and O–H groups in total. The summed E-state index contributed by atoms with van der Waals surface area (Å²) >= 11 is 0. The molecule has 24 heavy (non-hydrogen) atoms. The van der Waals surface area contributed by atoms with E-state index in [1.165, 1.54) is 0 Å². The predicted octanol–water partition coefficient (Wildman–Crippen LogP) is 1.25. The number of carbonyl (C=O) groups excluding carboxylic acids is 2. The summed E-state index contributed by atoms with van der Waals surface area (Å²) in [5, 5.41) is 5.64. The Labute approximate surface area is 140 Å². The monoisotopic (exact) mass is 333 g/mol. The van der Waals surface area contributed by atoms with Crippen LogP contribution in [-0.4, -0.2) is 43.3 Å². The molecule has 7 nitrogen and oxygen atoms in total. The standard InChI is InChI=1S/C17H23N3O4/c18-10-13-7-8-15(24-13)17(22)20-12-5-3-11(4-6-12)19-16(21)14-2-1-9-23-14/h3-6,13-15H,1-2,7-10,18H2,(H,19,21)(H,20,22)/t13-,14?,15+/m1/s1. The molecule has 0 saturated carbocycles. The fraction of sp³-hybridized carbons (Fsp3) is 0.529. The number of nitrogens with two attached hydrogens (primary N) is 1. The van der Waals surface area contributed by atoms with Gasteiger partial charge in [-0.05, 0) is 49.9 Å². The van der Waals surface area contributed by atoms with E-state index >= 15 is 0 Å². The van der Waals surface area contributed by atoms with E-state index in [4.69, 9.17) is 15.2 Å². The normalized spacial score (nSPS) is 26.3. The van der Waals surface area contributed by atoms with Crippen LogP contribution >= 0.6 is 0 Å². The lowest BCUT2D eigenvalue weighted by molar-refractivity contribution is -0.126. The van der Waals surface area contributed by atoms with Gasteiger partial charge in [0, 0.05) is 24.5 Å². The third-order valence-electron chi connectivity index (χ3n) is 4.30. The molecule has 0 bridgehead atoms. The first-order valence-electron chi connectivity index (χ1n) is 8.34. The highest BCUT2D eigenvalue weighted by molar-refractivity contribution is 5.96. The van der Waals surface area contributed by atoms with Crippen molar-refractivity contribution in [2.24, 2.45) is 5.73 Å². The summed E-state index contributed by atoms with van der Waals surface area (Å²) in [5.41, 5.74) is 6.89.